The summed E-state index contributed by atoms with van der Waals surface area (Å²) in [6.07, 6.45) is 2.12. The van der Waals surface area contributed by atoms with Gasteiger partial charge in [0, 0.05) is 24.3 Å². The second-order valence-electron chi connectivity index (χ2n) is 7.34. The third-order valence-corrected chi connectivity index (χ3v) is 6.12. The highest BCUT2D eigenvalue weighted by molar-refractivity contribution is 7.99. The van der Waals surface area contributed by atoms with E-state index >= 15 is 0 Å². The fourth-order valence-electron chi connectivity index (χ4n) is 3.43. The zero-order valence-electron chi connectivity index (χ0n) is 16.3. The number of likely N-dealkylation sites (tertiary alicyclic amines) is 1. The number of thioether (sulfide) groups is 1. The molecule has 7 heteroatoms. The van der Waals surface area contributed by atoms with E-state index in [2.05, 4.69) is 17.1 Å². The summed E-state index contributed by atoms with van der Waals surface area (Å²) in [7, 11) is 0. The summed E-state index contributed by atoms with van der Waals surface area (Å²) in [4.78, 5) is 14.6. The van der Waals surface area contributed by atoms with Crippen LogP contribution in [0, 0.1) is 11.7 Å². The molecule has 0 spiro atoms. The molecule has 0 atom stereocenters. The molecule has 4 rings (SSSR count). The Kier molecular flexibility index (Phi) is 5.94. The number of amides is 1. The van der Waals surface area contributed by atoms with Gasteiger partial charge in [-0.05, 0) is 55.2 Å². The molecule has 150 valence electrons. The number of carbonyl (C=O) groups is 1. The summed E-state index contributed by atoms with van der Waals surface area (Å²) in [5.41, 5.74) is 1.67. The van der Waals surface area contributed by atoms with Gasteiger partial charge in [0.15, 0.2) is 11.0 Å². The molecule has 1 saturated heterocycles. The molecule has 1 aliphatic rings. The lowest BCUT2D eigenvalue weighted by Gasteiger charge is -2.30. The van der Waals surface area contributed by atoms with Crippen molar-refractivity contribution in [1.82, 2.24) is 19.7 Å². The predicted octanol–water partition coefficient (Wildman–Crippen LogP) is 4.42. The molecule has 0 unspecified atom stereocenters. The van der Waals surface area contributed by atoms with Gasteiger partial charge >= 0.3 is 0 Å². The third-order valence-electron chi connectivity index (χ3n) is 5.21. The van der Waals surface area contributed by atoms with Crippen LogP contribution in [0.25, 0.3) is 17.1 Å². The monoisotopic (exact) mass is 410 g/mol. The van der Waals surface area contributed by atoms with Crippen molar-refractivity contribution >= 4 is 17.7 Å². The van der Waals surface area contributed by atoms with Gasteiger partial charge in [-0.3, -0.25) is 9.36 Å². The minimum absolute atomic E-state index is 0.132. The van der Waals surface area contributed by atoms with E-state index < -0.39 is 0 Å². The standard InChI is InChI=1S/C22H23FN4OS/c1-16-11-13-26(14-12-16)20(28)15-29-22-25-24-21(17-7-9-18(23)10-8-17)27(22)19-5-3-2-4-6-19/h2-10,16H,11-15H2,1H3. The summed E-state index contributed by atoms with van der Waals surface area (Å²) in [5.74, 6) is 1.47. The van der Waals surface area contributed by atoms with E-state index in [-0.39, 0.29) is 11.7 Å². The summed E-state index contributed by atoms with van der Waals surface area (Å²) < 4.78 is 15.3. The molecule has 3 aromatic rings. The number of para-hydroxylation sites is 1. The van der Waals surface area contributed by atoms with Crippen molar-refractivity contribution in [3.8, 4) is 17.1 Å². The fourth-order valence-corrected chi connectivity index (χ4v) is 4.29. The second-order valence-corrected chi connectivity index (χ2v) is 8.28. The summed E-state index contributed by atoms with van der Waals surface area (Å²) in [6, 6.07) is 16.0. The largest absolute Gasteiger partial charge is 0.342 e. The Labute approximate surface area is 173 Å². The smallest absolute Gasteiger partial charge is 0.233 e. The molecule has 1 aliphatic heterocycles. The van der Waals surface area contributed by atoms with Crippen LogP contribution in [0.5, 0.6) is 0 Å². The van der Waals surface area contributed by atoms with Crippen LogP contribution < -0.4 is 0 Å². The van der Waals surface area contributed by atoms with Crippen LogP contribution in [0.4, 0.5) is 4.39 Å². The maximum atomic E-state index is 13.4. The van der Waals surface area contributed by atoms with Crippen LogP contribution in [-0.4, -0.2) is 44.4 Å². The topological polar surface area (TPSA) is 51.0 Å². The Morgan fingerprint density at radius 3 is 2.45 bits per heavy atom. The van der Waals surface area contributed by atoms with E-state index in [4.69, 9.17) is 0 Å². The summed E-state index contributed by atoms with van der Waals surface area (Å²) >= 11 is 1.39. The Hall–Kier alpha value is -2.67. The first-order chi connectivity index (χ1) is 14.1. The van der Waals surface area contributed by atoms with Crippen LogP contribution in [0.15, 0.2) is 59.8 Å². The number of hydrogen-bond donors (Lipinski definition) is 0. The highest BCUT2D eigenvalue weighted by Gasteiger charge is 2.22. The molecule has 0 radical (unpaired) electrons. The van der Waals surface area contributed by atoms with Gasteiger partial charge in [0.05, 0.1) is 5.75 Å². The van der Waals surface area contributed by atoms with Gasteiger partial charge in [0.25, 0.3) is 0 Å². The van der Waals surface area contributed by atoms with Gasteiger partial charge in [0.1, 0.15) is 5.82 Å². The fraction of sp³-hybridized carbons (Fsp3) is 0.318. The molecule has 2 aromatic carbocycles. The molecule has 1 fully saturated rings. The van der Waals surface area contributed by atoms with Gasteiger partial charge in [-0.2, -0.15) is 0 Å². The van der Waals surface area contributed by atoms with Crippen LogP contribution in [0.3, 0.4) is 0 Å². The number of nitrogens with zero attached hydrogens (tertiary/aromatic N) is 4. The molecule has 29 heavy (non-hydrogen) atoms. The van der Waals surface area contributed by atoms with Crippen molar-refractivity contribution in [1.29, 1.82) is 0 Å². The number of carbonyl (C=O) groups excluding carboxylic acids is 1. The van der Waals surface area contributed by atoms with Crippen LogP contribution in [-0.2, 0) is 4.79 Å². The average Bonchev–Trinajstić information content (AvgIpc) is 3.17. The lowest BCUT2D eigenvalue weighted by atomic mass is 9.99. The van der Waals surface area contributed by atoms with Crippen LogP contribution in [0.2, 0.25) is 0 Å². The number of hydrogen-bond acceptors (Lipinski definition) is 4. The predicted molar refractivity (Wildman–Crippen MR) is 112 cm³/mol. The Bertz CT molecular complexity index is 966. The average molecular weight is 411 g/mol. The minimum Gasteiger partial charge on any atom is -0.342 e. The number of benzene rings is 2. The highest BCUT2D eigenvalue weighted by atomic mass is 32.2. The van der Waals surface area contributed by atoms with Crippen molar-refractivity contribution in [3.63, 3.8) is 0 Å². The van der Waals surface area contributed by atoms with Crippen molar-refractivity contribution in [3.05, 3.63) is 60.4 Å². The van der Waals surface area contributed by atoms with E-state index in [1.807, 2.05) is 39.8 Å². The van der Waals surface area contributed by atoms with Gasteiger partial charge in [0.2, 0.25) is 5.91 Å². The van der Waals surface area contributed by atoms with Crippen LogP contribution in [0.1, 0.15) is 19.8 Å². The number of piperidine rings is 1. The van der Waals surface area contributed by atoms with E-state index in [1.54, 1.807) is 12.1 Å². The van der Waals surface area contributed by atoms with E-state index in [9.17, 15) is 9.18 Å². The Morgan fingerprint density at radius 1 is 1.07 bits per heavy atom. The van der Waals surface area contributed by atoms with Gasteiger partial charge in [-0.25, -0.2) is 4.39 Å². The first kappa shape index (κ1) is 19.6. The first-order valence-corrected chi connectivity index (χ1v) is 10.8. The summed E-state index contributed by atoms with van der Waals surface area (Å²) in [6.45, 7) is 3.88. The second kappa shape index (κ2) is 8.78. The van der Waals surface area contributed by atoms with Crippen molar-refractivity contribution in [2.75, 3.05) is 18.8 Å². The molecular weight excluding hydrogens is 387 g/mol. The molecular formula is C22H23FN4OS. The maximum absolute atomic E-state index is 13.4. The molecule has 1 aromatic heterocycles. The molecule has 1 amide bonds. The van der Waals surface area contributed by atoms with Gasteiger partial charge in [-0.15, -0.1) is 10.2 Å². The molecule has 0 aliphatic carbocycles. The molecule has 0 bridgehead atoms. The highest BCUT2D eigenvalue weighted by Crippen LogP contribution is 2.28. The SMILES string of the molecule is CC1CCN(C(=O)CSc2nnc(-c3ccc(F)cc3)n2-c2ccccc2)CC1. The maximum Gasteiger partial charge on any atom is 0.233 e. The number of halogens is 1. The van der Waals surface area contributed by atoms with E-state index in [1.165, 1.54) is 23.9 Å². The van der Waals surface area contributed by atoms with Crippen LogP contribution >= 0.6 is 11.8 Å². The number of rotatable bonds is 5. The molecule has 5 nitrogen and oxygen atoms in total. The lowest BCUT2D eigenvalue weighted by Crippen LogP contribution is -2.38. The van der Waals surface area contributed by atoms with Crippen molar-refractivity contribution < 1.29 is 9.18 Å². The zero-order valence-corrected chi connectivity index (χ0v) is 17.1. The van der Waals surface area contributed by atoms with E-state index in [0.29, 0.717) is 22.7 Å². The molecule has 0 N–H and O–H groups in total. The Balaban J connectivity index is 1.58. The van der Waals surface area contributed by atoms with E-state index in [0.717, 1.165) is 37.2 Å². The molecule has 0 saturated carbocycles. The molecule has 2 heterocycles. The summed E-state index contributed by atoms with van der Waals surface area (Å²) in [5, 5.41) is 9.32. The zero-order chi connectivity index (χ0) is 20.2. The van der Waals surface area contributed by atoms with Crippen molar-refractivity contribution in [2.24, 2.45) is 5.92 Å². The first-order valence-electron chi connectivity index (χ1n) is 9.79. The quantitative estimate of drug-likeness (QED) is 0.584. The van der Waals surface area contributed by atoms with Gasteiger partial charge < -0.3 is 4.90 Å². The minimum atomic E-state index is -0.296. The van der Waals surface area contributed by atoms with Crippen molar-refractivity contribution in [2.45, 2.75) is 24.9 Å². The normalized spacial score (nSPS) is 14.9. The number of aromatic nitrogens is 3. The lowest BCUT2D eigenvalue weighted by molar-refractivity contribution is -0.129. The Morgan fingerprint density at radius 2 is 1.76 bits per heavy atom. The third kappa shape index (κ3) is 4.50. The van der Waals surface area contributed by atoms with Gasteiger partial charge in [-0.1, -0.05) is 36.9 Å².